The Morgan fingerprint density at radius 2 is 1.89 bits per heavy atom. The molecule has 1 atom stereocenters. The second kappa shape index (κ2) is 12.2. The molecule has 0 aliphatic heterocycles. The van der Waals surface area contributed by atoms with Gasteiger partial charge >= 0.3 is 6.03 Å². The lowest BCUT2D eigenvalue weighted by atomic mass is 10.2. The van der Waals surface area contributed by atoms with E-state index in [1.165, 1.54) is 0 Å². The van der Waals surface area contributed by atoms with Crippen LogP contribution < -0.4 is 21.3 Å². The lowest BCUT2D eigenvalue weighted by Crippen LogP contribution is -2.41. The first-order valence-electron chi connectivity index (χ1n) is 9.72. The minimum absolute atomic E-state index is 0.177. The van der Waals surface area contributed by atoms with Crippen LogP contribution in [0.3, 0.4) is 0 Å². The summed E-state index contributed by atoms with van der Waals surface area (Å²) < 4.78 is 5.94. The minimum Gasteiger partial charge on any atom is -0.474 e. The summed E-state index contributed by atoms with van der Waals surface area (Å²) in [6.07, 6.45) is 3.90. The summed E-state index contributed by atoms with van der Waals surface area (Å²) in [5.41, 5.74) is 0.858. The number of hydrogen-bond donors (Lipinski definition) is 4. The van der Waals surface area contributed by atoms with Crippen LogP contribution in [0.25, 0.3) is 0 Å². The summed E-state index contributed by atoms with van der Waals surface area (Å²) in [6, 6.07) is 9.93. The van der Waals surface area contributed by atoms with Crippen molar-refractivity contribution in [2.75, 3.05) is 13.2 Å². The fourth-order valence-electron chi connectivity index (χ4n) is 2.35. The summed E-state index contributed by atoms with van der Waals surface area (Å²) in [6.45, 7) is 12.1. The fraction of sp³-hybridized carbons (Fsp3) is 0.571. The standard InChI is InChI=1S/C21H36N4O2/c1-6-10-19(27-21(3,4)5)25-17(2)13-14-22-16-24-20(26)23-15-18-11-8-7-9-12-18/h7-12,17,22,25H,6,13-16H2,1-5H3,(H2,23,24,26)/b19-10-. The fourth-order valence-corrected chi connectivity index (χ4v) is 2.35. The molecule has 0 spiro atoms. The van der Waals surface area contributed by atoms with Gasteiger partial charge in [-0.05, 0) is 58.7 Å². The molecule has 0 fully saturated rings. The van der Waals surface area contributed by atoms with Crippen molar-refractivity contribution in [2.24, 2.45) is 0 Å². The molecular formula is C21H36N4O2. The van der Waals surface area contributed by atoms with E-state index in [1.807, 2.05) is 51.1 Å². The highest BCUT2D eigenvalue weighted by Gasteiger charge is 2.14. The first-order chi connectivity index (χ1) is 12.8. The summed E-state index contributed by atoms with van der Waals surface area (Å²) in [5.74, 6) is 0.830. The second-order valence-electron chi connectivity index (χ2n) is 7.55. The molecular weight excluding hydrogens is 340 g/mol. The Morgan fingerprint density at radius 3 is 2.52 bits per heavy atom. The third-order valence-electron chi connectivity index (χ3n) is 3.62. The monoisotopic (exact) mass is 376 g/mol. The van der Waals surface area contributed by atoms with Crippen molar-refractivity contribution in [3.63, 3.8) is 0 Å². The van der Waals surface area contributed by atoms with Gasteiger partial charge in [0.1, 0.15) is 5.60 Å². The van der Waals surface area contributed by atoms with Crippen molar-refractivity contribution in [1.29, 1.82) is 0 Å². The van der Waals surface area contributed by atoms with Gasteiger partial charge in [0.05, 0.1) is 6.67 Å². The molecule has 0 aromatic heterocycles. The highest BCUT2D eigenvalue weighted by atomic mass is 16.5. The summed E-state index contributed by atoms with van der Waals surface area (Å²) in [7, 11) is 0. The van der Waals surface area contributed by atoms with E-state index in [-0.39, 0.29) is 17.7 Å². The van der Waals surface area contributed by atoms with E-state index < -0.39 is 0 Å². The van der Waals surface area contributed by atoms with Crippen LogP contribution >= 0.6 is 0 Å². The van der Waals surface area contributed by atoms with E-state index in [0.29, 0.717) is 13.2 Å². The number of carbonyl (C=O) groups excluding carboxylic acids is 1. The topological polar surface area (TPSA) is 74.4 Å². The first kappa shape index (κ1) is 22.8. The Morgan fingerprint density at radius 1 is 1.19 bits per heavy atom. The van der Waals surface area contributed by atoms with Crippen molar-refractivity contribution in [1.82, 2.24) is 21.3 Å². The Hall–Kier alpha value is -2.21. The lowest BCUT2D eigenvalue weighted by molar-refractivity contribution is 0.0370. The molecule has 0 aliphatic rings. The average molecular weight is 377 g/mol. The van der Waals surface area contributed by atoms with Crippen LogP contribution in [0.15, 0.2) is 42.3 Å². The molecule has 1 aromatic rings. The molecule has 6 nitrogen and oxygen atoms in total. The van der Waals surface area contributed by atoms with Gasteiger partial charge in [-0.1, -0.05) is 37.3 Å². The molecule has 0 saturated carbocycles. The van der Waals surface area contributed by atoms with Crippen LogP contribution in [0.2, 0.25) is 0 Å². The molecule has 0 radical (unpaired) electrons. The zero-order valence-electron chi connectivity index (χ0n) is 17.4. The van der Waals surface area contributed by atoms with Crippen LogP contribution in [0.1, 0.15) is 53.0 Å². The van der Waals surface area contributed by atoms with E-state index in [4.69, 9.17) is 4.74 Å². The number of rotatable bonds is 11. The van der Waals surface area contributed by atoms with E-state index in [0.717, 1.165) is 30.8 Å². The maximum Gasteiger partial charge on any atom is 0.316 e. The number of ether oxygens (including phenoxy) is 1. The molecule has 1 unspecified atom stereocenters. The Labute approximate surface area is 164 Å². The van der Waals surface area contributed by atoms with Gasteiger partial charge in [-0.2, -0.15) is 0 Å². The molecule has 0 saturated heterocycles. The number of benzene rings is 1. The van der Waals surface area contributed by atoms with Crippen molar-refractivity contribution < 1.29 is 9.53 Å². The van der Waals surface area contributed by atoms with E-state index >= 15 is 0 Å². The average Bonchev–Trinajstić information content (AvgIpc) is 2.59. The van der Waals surface area contributed by atoms with E-state index in [1.54, 1.807) is 0 Å². The number of amides is 2. The van der Waals surface area contributed by atoms with Crippen LogP contribution in [-0.4, -0.2) is 30.9 Å². The van der Waals surface area contributed by atoms with Gasteiger partial charge in [0.2, 0.25) is 0 Å². The molecule has 4 N–H and O–H groups in total. The predicted molar refractivity (Wildman–Crippen MR) is 111 cm³/mol. The molecule has 1 aromatic carbocycles. The lowest BCUT2D eigenvalue weighted by Gasteiger charge is -2.26. The van der Waals surface area contributed by atoms with Gasteiger partial charge in [0.25, 0.3) is 0 Å². The molecule has 2 amide bonds. The van der Waals surface area contributed by atoms with Crippen LogP contribution in [0, 0.1) is 0 Å². The number of urea groups is 1. The highest BCUT2D eigenvalue weighted by Crippen LogP contribution is 2.13. The molecule has 152 valence electrons. The zero-order valence-corrected chi connectivity index (χ0v) is 17.4. The van der Waals surface area contributed by atoms with Gasteiger partial charge in [-0.15, -0.1) is 0 Å². The van der Waals surface area contributed by atoms with Crippen molar-refractivity contribution >= 4 is 6.03 Å². The van der Waals surface area contributed by atoms with Crippen molar-refractivity contribution in [2.45, 2.75) is 65.6 Å². The van der Waals surface area contributed by atoms with Crippen LogP contribution in [0.4, 0.5) is 4.79 Å². The maximum atomic E-state index is 11.8. The molecule has 0 aliphatic carbocycles. The number of carbonyl (C=O) groups is 1. The van der Waals surface area contributed by atoms with Crippen LogP contribution in [-0.2, 0) is 11.3 Å². The summed E-state index contributed by atoms with van der Waals surface area (Å²) >= 11 is 0. The van der Waals surface area contributed by atoms with Gasteiger partial charge in [-0.25, -0.2) is 4.79 Å². The normalized spacial score (nSPS) is 13.0. The summed E-state index contributed by atoms with van der Waals surface area (Å²) in [4.78, 5) is 11.8. The molecule has 0 heterocycles. The van der Waals surface area contributed by atoms with Crippen molar-refractivity contribution in [3.05, 3.63) is 47.9 Å². The third kappa shape index (κ3) is 11.9. The number of hydrogen-bond acceptors (Lipinski definition) is 4. The maximum absolute atomic E-state index is 11.8. The number of nitrogens with one attached hydrogen (secondary N) is 4. The Kier molecular flexibility index (Phi) is 10.3. The minimum atomic E-state index is -0.219. The smallest absolute Gasteiger partial charge is 0.316 e. The Bertz CT molecular complexity index is 567. The first-order valence-corrected chi connectivity index (χ1v) is 9.72. The SMILES string of the molecule is CC/C=C(/NC(C)CCNCNC(=O)NCc1ccccc1)OC(C)(C)C. The predicted octanol–water partition coefficient (Wildman–Crippen LogP) is 3.47. The van der Waals surface area contributed by atoms with Gasteiger partial charge in [0, 0.05) is 12.6 Å². The second-order valence-corrected chi connectivity index (χ2v) is 7.55. The molecule has 6 heteroatoms. The quantitative estimate of drug-likeness (QED) is 0.271. The highest BCUT2D eigenvalue weighted by molar-refractivity contribution is 5.73. The van der Waals surface area contributed by atoms with Gasteiger partial charge in [-0.3, -0.25) is 5.32 Å². The van der Waals surface area contributed by atoms with Gasteiger partial charge in [0.15, 0.2) is 5.88 Å². The summed E-state index contributed by atoms with van der Waals surface area (Å²) in [5, 5.41) is 12.3. The number of allylic oxidation sites excluding steroid dienone is 1. The van der Waals surface area contributed by atoms with Crippen LogP contribution in [0.5, 0.6) is 0 Å². The zero-order chi connectivity index (χ0) is 20.1. The van der Waals surface area contributed by atoms with E-state index in [9.17, 15) is 4.79 Å². The molecule has 1 rings (SSSR count). The Balaban J connectivity index is 2.15. The molecule has 27 heavy (non-hydrogen) atoms. The van der Waals surface area contributed by atoms with E-state index in [2.05, 4.69) is 41.2 Å². The molecule has 0 bridgehead atoms. The largest absolute Gasteiger partial charge is 0.474 e. The third-order valence-corrected chi connectivity index (χ3v) is 3.62. The van der Waals surface area contributed by atoms with Crippen molar-refractivity contribution in [3.8, 4) is 0 Å². The van der Waals surface area contributed by atoms with Gasteiger partial charge < -0.3 is 20.7 Å².